The van der Waals surface area contributed by atoms with Crippen molar-refractivity contribution in [2.75, 3.05) is 23.9 Å². The highest BCUT2D eigenvalue weighted by Crippen LogP contribution is 2.33. The van der Waals surface area contributed by atoms with Gasteiger partial charge in [0.2, 0.25) is 0 Å². The monoisotopic (exact) mass is 445 g/mol. The molecular weight excluding hydrogens is 427 g/mol. The van der Waals surface area contributed by atoms with Gasteiger partial charge in [0.15, 0.2) is 0 Å². The minimum atomic E-state index is -4.48. The molecule has 2 amide bonds. The molecule has 3 heterocycles. The third kappa shape index (κ3) is 3.88. The minimum Gasteiger partial charge on any atom is -0.495 e. The zero-order valence-corrected chi connectivity index (χ0v) is 17.1. The van der Waals surface area contributed by atoms with Crippen LogP contribution in [0, 0.1) is 0 Å². The van der Waals surface area contributed by atoms with Gasteiger partial charge in [-0.25, -0.2) is 0 Å². The van der Waals surface area contributed by atoms with Crippen molar-refractivity contribution in [2.45, 2.75) is 19.1 Å². The van der Waals surface area contributed by atoms with Gasteiger partial charge in [-0.3, -0.25) is 19.3 Å². The summed E-state index contributed by atoms with van der Waals surface area (Å²) in [5.41, 5.74) is -0.0510. The quantitative estimate of drug-likeness (QED) is 0.660. The number of alkyl halides is 3. The van der Waals surface area contributed by atoms with Crippen LogP contribution >= 0.6 is 0 Å². The summed E-state index contributed by atoms with van der Waals surface area (Å²) in [4.78, 5) is 31.4. The molecule has 3 aromatic rings. The second kappa shape index (κ2) is 7.98. The van der Waals surface area contributed by atoms with Gasteiger partial charge in [-0.1, -0.05) is 0 Å². The average molecular weight is 445 g/mol. The Kier molecular flexibility index (Phi) is 5.33. The van der Waals surface area contributed by atoms with Gasteiger partial charge in [-0.2, -0.15) is 18.3 Å². The normalized spacial score (nSPS) is 16.0. The molecule has 4 rings (SSSR count). The molecular formula is C21H18F3N5O3. The van der Waals surface area contributed by atoms with Crippen LogP contribution in [0.25, 0.3) is 0 Å². The van der Waals surface area contributed by atoms with Crippen molar-refractivity contribution in [3.05, 3.63) is 65.7 Å². The van der Waals surface area contributed by atoms with Gasteiger partial charge in [0, 0.05) is 18.3 Å². The number of benzene rings is 1. The zero-order chi connectivity index (χ0) is 23.0. The number of nitrogens with zero attached hydrogens (tertiary/aromatic N) is 4. The van der Waals surface area contributed by atoms with E-state index in [2.05, 4.69) is 15.4 Å². The number of rotatable bonds is 4. The molecule has 0 bridgehead atoms. The Morgan fingerprint density at radius 1 is 1.19 bits per heavy atom. The van der Waals surface area contributed by atoms with Crippen LogP contribution in [-0.4, -0.2) is 40.2 Å². The fourth-order valence-electron chi connectivity index (χ4n) is 3.48. The summed E-state index contributed by atoms with van der Waals surface area (Å²) in [6.07, 6.45) is -0.278. The standard InChI is InChI=1S/C21H18F3N5O3/c1-12-11-28(15-5-3-13(4-6-15)21(22,23)24)20(31)18-17(10-26-29(12)18)19(30)27-14-7-16(32-2)9-25-8-14/h3-10,12H,11H2,1-2H3,(H,27,30). The molecule has 0 fully saturated rings. The number of nitrogens with one attached hydrogen (secondary N) is 1. The van der Waals surface area contributed by atoms with Crippen LogP contribution in [0.3, 0.4) is 0 Å². The lowest BCUT2D eigenvalue weighted by molar-refractivity contribution is -0.137. The SMILES string of the molecule is COc1cncc(NC(=O)c2cnn3c2C(=O)N(c2ccc(C(F)(F)F)cc2)CC3C)c1. The molecule has 0 spiro atoms. The number of amides is 2. The molecule has 166 valence electrons. The average Bonchev–Trinajstić information content (AvgIpc) is 3.22. The Balaban J connectivity index is 1.63. The highest BCUT2D eigenvalue weighted by atomic mass is 19.4. The first-order valence-electron chi connectivity index (χ1n) is 9.56. The predicted octanol–water partition coefficient (Wildman–Crippen LogP) is 3.78. The Morgan fingerprint density at radius 2 is 1.91 bits per heavy atom. The fourth-order valence-corrected chi connectivity index (χ4v) is 3.48. The van der Waals surface area contributed by atoms with E-state index in [9.17, 15) is 22.8 Å². The maximum atomic E-state index is 13.2. The number of fused-ring (bicyclic) bond motifs is 1. The second-order valence-electron chi connectivity index (χ2n) is 7.23. The molecule has 2 aromatic heterocycles. The lowest BCUT2D eigenvalue weighted by Gasteiger charge is -2.32. The van der Waals surface area contributed by atoms with E-state index in [1.165, 1.54) is 47.4 Å². The Hall–Kier alpha value is -3.89. The van der Waals surface area contributed by atoms with E-state index in [1.807, 2.05) is 0 Å². The third-order valence-corrected chi connectivity index (χ3v) is 5.07. The van der Waals surface area contributed by atoms with E-state index >= 15 is 0 Å². The molecule has 8 nitrogen and oxygen atoms in total. The van der Waals surface area contributed by atoms with Crippen molar-refractivity contribution in [3.63, 3.8) is 0 Å². The largest absolute Gasteiger partial charge is 0.495 e. The predicted molar refractivity (Wildman–Crippen MR) is 109 cm³/mol. The molecule has 1 aliphatic heterocycles. The van der Waals surface area contributed by atoms with Gasteiger partial charge in [-0.05, 0) is 31.2 Å². The van der Waals surface area contributed by atoms with Crippen LogP contribution in [0.1, 0.15) is 39.4 Å². The number of carbonyl (C=O) groups is 2. The highest BCUT2D eigenvalue weighted by molar-refractivity contribution is 6.15. The van der Waals surface area contributed by atoms with Crippen LogP contribution < -0.4 is 15.0 Å². The number of anilines is 2. The summed E-state index contributed by atoms with van der Waals surface area (Å²) in [5, 5.41) is 6.83. The van der Waals surface area contributed by atoms with E-state index in [0.29, 0.717) is 17.1 Å². The number of pyridine rings is 1. The maximum Gasteiger partial charge on any atom is 0.416 e. The van der Waals surface area contributed by atoms with Crippen molar-refractivity contribution >= 4 is 23.2 Å². The zero-order valence-electron chi connectivity index (χ0n) is 17.1. The van der Waals surface area contributed by atoms with Gasteiger partial charge in [0.25, 0.3) is 11.8 Å². The van der Waals surface area contributed by atoms with Gasteiger partial charge in [0.1, 0.15) is 11.4 Å². The lowest BCUT2D eigenvalue weighted by atomic mass is 10.1. The molecule has 0 aliphatic carbocycles. The van der Waals surface area contributed by atoms with Crippen LogP contribution in [0.15, 0.2) is 48.9 Å². The highest BCUT2D eigenvalue weighted by Gasteiger charge is 2.36. The molecule has 1 N–H and O–H groups in total. The third-order valence-electron chi connectivity index (χ3n) is 5.07. The second-order valence-corrected chi connectivity index (χ2v) is 7.23. The van der Waals surface area contributed by atoms with Crippen LogP contribution in [-0.2, 0) is 6.18 Å². The first kappa shape index (κ1) is 21.3. The van der Waals surface area contributed by atoms with Crippen molar-refractivity contribution in [1.29, 1.82) is 0 Å². The molecule has 0 radical (unpaired) electrons. The summed E-state index contributed by atoms with van der Waals surface area (Å²) in [7, 11) is 1.46. The van der Waals surface area contributed by atoms with Crippen molar-refractivity contribution < 1.29 is 27.5 Å². The van der Waals surface area contributed by atoms with Crippen LogP contribution in [0.5, 0.6) is 5.75 Å². The van der Waals surface area contributed by atoms with Crippen molar-refractivity contribution in [2.24, 2.45) is 0 Å². The van der Waals surface area contributed by atoms with Crippen LogP contribution in [0.4, 0.5) is 24.5 Å². The molecule has 0 saturated heterocycles. The van der Waals surface area contributed by atoms with Gasteiger partial charge in [0.05, 0.1) is 48.6 Å². The molecule has 0 saturated carbocycles. The number of hydrogen-bond donors (Lipinski definition) is 1. The van der Waals surface area contributed by atoms with Crippen molar-refractivity contribution in [3.8, 4) is 5.75 Å². The minimum absolute atomic E-state index is 0.0429. The number of halogens is 3. The molecule has 32 heavy (non-hydrogen) atoms. The molecule has 1 aliphatic rings. The first-order valence-corrected chi connectivity index (χ1v) is 9.56. The Morgan fingerprint density at radius 3 is 2.56 bits per heavy atom. The summed E-state index contributed by atoms with van der Waals surface area (Å²) in [6.45, 7) is 1.99. The Labute approximate surface area is 180 Å². The smallest absolute Gasteiger partial charge is 0.416 e. The van der Waals surface area contributed by atoms with E-state index in [4.69, 9.17) is 4.74 Å². The summed E-state index contributed by atoms with van der Waals surface area (Å²) in [5.74, 6) is -0.664. The summed E-state index contributed by atoms with van der Waals surface area (Å²) < 4.78 is 45.2. The number of aromatic nitrogens is 3. The molecule has 1 unspecified atom stereocenters. The van der Waals surface area contributed by atoms with Crippen LogP contribution in [0.2, 0.25) is 0 Å². The van der Waals surface area contributed by atoms with E-state index in [0.717, 1.165) is 12.1 Å². The summed E-state index contributed by atoms with van der Waals surface area (Å²) in [6, 6.07) is 5.58. The number of methoxy groups -OCH3 is 1. The maximum absolute atomic E-state index is 13.2. The molecule has 11 heteroatoms. The fraction of sp³-hybridized carbons (Fsp3) is 0.238. The van der Waals surface area contributed by atoms with E-state index < -0.39 is 23.6 Å². The van der Waals surface area contributed by atoms with Gasteiger partial charge >= 0.3 is 6.18 Å². The van der Waals surface area contributed by atoms with Gasteiger partial charge in [-0.15, -0.1) is 0 Å². The molecule has 1 aromatic carbocycles. The Bertz CT molecular complexity index is 1170. The van der Waals surface area contributed by atoms with E-state index in [-0.39, 0.29) is 23.8 Å². The van der Waals surface area contributed by atoms with Gasteiger partial charge < -0.3 is 15.0 Å². The van der Waals surface area contributed by atoms with E-state index in [1.54, 1.807) is 13.0 Å². The first-order chi connectivity index (χ1) is 15.2. The molecule has 1 atom stereocenters. The van der Waals surface area contributed by atoms with Crippen molar-refractivity contribution in [1.82, 2.24) is 14.8 Å². The summed E-state index contributed by atoms with van der Waals surface area (Å²) >= 11 is 0. The number of ether oxygens (including phenoxy) is 1. The topological polar surface area (TPSA) is 89.3 Å². The lowest BCUT2D eigenvalue weighted by Crippen LogP contribution is -2.43. The number of hydrogen-bond acceptors (Lipinski definition) is 5. The number of carbonyl (C=O) groups excluding carboxylic acids is 2.